The highest BCUT2D eigenvalue weighted by atomic mass is 19.4. The van der Waals surface area contributed by atoms with Gasteiger partial charge >= 0.3 is 6.18 Å². The zero-order chi connectivity index (χ0) is 19.8. The van der Waals surface area contributed by atoms with E-state index in [0.29, 0.717) is 17.0 Å². The van der Waals surface area contributed by atoms with Crippen molar-refractivity contribution in [3.05, 3.63) is 58.4 Å². The molecule has 142 valence electrons. The van der Waals surface area contributed by atoms with E-state index in [2.05, 4.69) is 20.4 Å². The third-order valence-electron chi connectivity index (χ3n) is 4.04. The van der Waals surface area contributed by atoms with E-state index >= 15 is 0 Å². The fourth-order valence-electron chi connectivity index (χ4n) is 2.61. The molecule has 3 aromatic rings. The molecule has 1 aromatic carbocycles. The van der Waals surface area contributed by atoms with Crippen LogP contribution in [0, 0.1) is 19.7 Å². The Labute approximate surface area is 151 Å². The molecule has 0 saturated carbocycles. The molecule has 6 nitrogen and oxygen atoms in total. The monoisotopic (exact) mass is 381 g/mol. The van der Waals surface area contributed by atoms with Gasteiger partial charge in [-0.2, -0.15) is 18.2 Å². The van der Waals surface area contributed by atoms with Gasteiger partial charge in [0, 0.05) is 23.5 Å². The number of fused-ring (bicyclic) bond motifs is 1. The van der Waals surface area contributed by atoms with Crippen LogP contribution in [0.4, 0.5) is 17.6 Å². The number of amides is 1. The van der Waals surface area contributed by atoms with Gasteiger partial charge in [0.1, 0.15) is 5.82 Å². The van der Waals surface area contributed by atoms with Crippen LogP contribution in [0.2, 0.25) is 0 Å². The van der Waals surface area contributed by atoms with E-state index in [9.17, 15) is 22.4 Å². The summed E-state index contributed by atoms with van der Waals surface area (Å²) >= 11 is 0. The first-order valence-electron chi connectivity index (χ1n) is 7.96. The van der Waals surface area contributed by atoms with Crippen LogP contribution in [0.3, 0.4) is 0 Å². The van der Waals surface area contributed by atoms with Crippen molar-refractivity contribution in [1.82, 2.24) is 24.9 Å². The smallest absolute Gasteiger partial charge is 0.352 e. The van der Waals surface area contributed by atoms with Crippen LogP contribution in [0.25, 0.3) is 5.78 Å². The minimum atomic E-state index is -4.68. The molecule has 1 N–H and O–H groups in total. The molecule has 0 aliphatic rings. The summed E-state index contributed by atoms with van der Waals surface area (Å²) in [7, 11) is 0. The normalized spacial score (nSPS) is 11.8. The molecule has 1 amide bonds. The highest BCUT2D eigenvalue weighted by Gasteiger charge is 2.37. The summed E-state index contributed by atoms with van der Waals surface area (Å²) in [4.78, 5) is 19.6. The number of alkyl halides is 3. The number of aryl methyl sites for hydroxylation is 2. The van der Waals surface area contributed by atoms with Gasteiger partial charge < -0.3 is 5.32 Å². The Kier molecular flexibility index (Phi) is 4.81. The summed E-state index contributed by atoms with van der Waals surface area (Å²) in [5.41, 5.74) is 1.95. The molecular weight excluding hydrogens is 366 g/mol. The fourth-order valence-corrected chi connectivity index (χ4v) is 2.61. The lowest BCUT2D eigenvalue weighted by atomic mass is 10.1. The Morgan fingerprint density at radius 3 is 2.44 bits per heavy atom. The van der Waals surface area contributed by atoms with Crippen LogP contribution < -0.4 is 5.32 Å². The van der Waals surface area contributed by atoms with Crippen molar-refractivity contribution in [2.75, 3.05) is 0 Å². The molecular formula is C17H15F4N5O. The number of hydrogen-bond acceptors (Lipinski definition) is 4. The maximum atomic E-state index is 12.9. The fraction of sp³-hybridized carbons (Fsp3) is 0.294. The zero-order valence-corrected chi connectivity index (χ0v) is 14.4. The highest BCUT2D eigenvalue weighted by Crippen LogP contribution is 2.27. The predicted octanol–water partition coefficient (Wildman–Crippen LogP) is 2.76. The molecule has 0 spiro atoms. The third kappa shape index (κ3) is 4.04. The van der Waals surface area contributed by atoms with E-state index in [4.69, 9.17) is 0 Å². The van der Waals surface area contributed by atoms with Gasteiger partial charge in [-0.3, -0.25) is 4.79 Å². The van der Waals surface area contributed by atoms with Gasteiger partial charge in [0.15, 0.2) is 0 Å². The first kappa shape index (κ1) is 18.7. The van der Waals surface area contributed by atoms with E-state index in [1.807, 2.05) is 0 Å². The Hall–Kier alpha value is -3.04. The SMILES string of the molecule is Cc1nc2nc(C(F)(F)F)nn2c(C)c1CC(=O)NCc1ccc(F)cc1. The van der Waals surface area contributed by atoms with Crippen molar-refractivity contribution in [2.45, 2.75) is 33.0 Å². The standard InChI is InChI=1S/C17H15F4N5O/c1-9-13(7-14(27)22-8-11-3-5-12(18)6-4-11)10(2)26-16(23-9)24-15(25-26)17(19,20)21/h3-6H,7-8H2,1-2H3,(H,22,27). The topological polar surface area (TPSA) is 72.2 Å². The number of hydrogen-bond donors (Lipinski definition) is 1. The Morgan fingerprint density at radius 1 is 1.15 bits per heavy atom. The largest absolute Gasteiger partial charge is 0.453 e. The van der Waals surface area contributed by atoms with Gasteiger partial charge in [-0.1, -0.05) is 12.1 Å². The second kappa shape index (κ2) is 6.93. The molecule has 2 heterocycles. The first-order valence-corrected chi connectivity index (χ1v) is 7.96. The lowest BCUT2D eigenvalue weighted by Crippen LogP contribution is -2.25. The molecule has 0 saturated heterocycles. The predicted molar refractivity (Wildman–Crippen MR) is 87.2 cm³/mol. The molecule has 0 radical (unpaired) electrons. The Bertz CT molecular complexity index is 995. The van der Waals surface area contributed by atoms with Crippen LogP contribution >= 0.6 is 0 Å². The quantitative estimate of drug-likeness (QED) is 0.706. The van der Waals surface area contributed by atoms with Gasteiger partial charge in [-0.15, -0.1) is 5.10 Å². The summed E-state index contributed by atoms with van der Waals surface area (Å²) < 4.78 is 52.3. The maximum absolute atomic E-state index is 12.9. The Balaban J connectivity index is 1.79. The molecule has 0 unspecified atom stereocenters. The van der Waals surface area contributed by atoms with Gasteiger partial charge in [0.05, 0.1) is 6.42 Å². The average molecular weight is 381 g/mol. The van der Waals surface area contributed by atoms with Gasteiger partial charge in [-0.05, 0) is 31.5 Å². The van der Waals surface area contributed by atoms with E-state index in [1.165, 1.54) is 12.1 Å². The maximum Gasteiger partial charge on any atom is 0.453 e. The van der Waals surface area contributed by atoms with Gasteiger partial charge in [-0.25, -0.2) is 13.9 Å². The summed E-state index contributed by atoms with van der Waals surface area (Å²) in [6.07, 6.45) is -4.76. The third-order valence-corrected chi connectivity index (χ3v) is 4.04. The van der Waals surface area contributed by atoms with Crippen LogP contribution in [0.1, 0.15) is 28.3 Å². The molecule has 2 aromatic heterocycles. The van der Waals surface area contributed by atoms with Crippen LogP contribution in [0.5, 0.6) is 0 Å². The summed E-state index contributed by atoms with van der Waals surface area (Å²) in [5, 5.41) is 6.13. The van der Waals surface area contributed by atoms with E-state index in [1.54, 1.807) is 26.0 Å². The lowest BCUT2D eigenvalue weighted by Gasteiger charge is -2.11. The number of halogens is 4. The number of nitrogens with one attached hydrogen (secondary N) is 1. The minimum Gasteiger partial charge on any atom is -0.352 e. The molecule has 0 aliphatic carbocycles. The van der Waals surface area contributed by atoms with Crippen LogP contribution in [0.15, 0.2) is 24.3 Å². The van der Waals surface area contributed by atoms with Crippen molar-refractivity contribution < 1.29 is 22.4 Å². The molecule has 10 heteroatoms. The van der Waals surface area contributed by atoms with E-state index in [0.717, 1.165) is 10.1 Å². The summed E-state index contributed by atoms with van der Waals surface area (Å²) in [5.74, 6) is -2.17. The second-order valence-corrected chi connectivity index (χ2v) is 5.99. The number of rotatable bonds is 4. The second-order valence-electron chi connectivity index (χ2n) is 5.99. The van der Waals surface area contributed by atoms with Crippen molar-refractivity contribution in [1.29, 1.82) is 0 Å². The number of carbonyl (C=O) groups is 1. The average Bonchev–Trinajstić information content (AvgIpc) is 3.02. The van der Waals surface area contributed by atoms with Crippen molar-refractivity contribution in [2.24, 2.45) is 0 Å². The van der Waals surface area contributed by atoms with Crippen molar-refractivity contribution >= 4 is 11.7 Å². The van der Waals surface area contributed by atoms with Crippen LogP contribution in [-0.2, 0) is 23.9 Å². The molecule has 0 atom stereocenters. The zero-order valence-electron chi connectivity index (χ0n) is 14.4. The number of aromatic nitrogens is 4. The van der Waals surface area contributed by atoms with Gasteiger partial charge in [0.25, 0.3) is 11.6 Å². The van der Waals surface area contributed by atoms with Crippen LogP contribution in [-0.4, -0.2) is 25.5 Å². The lowest BCUT2D eigenvalue weighted by molar-refractivity contribution is -0.144. The highest BCUT2D eigenvalue weighted by molar-refractivity contribution is 5.79. The van der Waals surface area contributed by atoms with Crippen molar-refractivity contribution in [3.8, 4) is 0 Å². The minimum absolute atomic E-state index is 0.0803. The number of carbonyl (C=O) groups excluding carboxylic acids is 1. The molecule has 0 fully saturated rings. The molecule has 27 heavy (non-hydrogen) atoms. The molecule has 0 aliphatic heterocycles. The van der Waals surface area contributed by atoms with Gasteiger partial charge in [0.2, 0.25) is 5.91 Å². The van der Waals surface area contributed by atoms with E-state index < -0.39 is 12.0 Å². The number of nitrogens with zero attached hydrogens (tertiary/aromatic N) is 4. The molecule has 3 rings (SSSR count). The van der Waals surface area contributed by atoms with Crippen molar-refractivity contribution in [3.63, 3.8) is 0 Å². The van der Waals surface area contributed by atoms with E-state index in [-0.39, 0.29) is 30.5 Å². The Morgan fingerprint density at radius 2 is 1.81 bits per heavy atom. The first-order chi connectivity index (χ1) is 12.6. The number of benzene rings is 1. The summed E-state index contributed by atoms with van der Waals surface area (Å²) in [6.45, 7) is 3.35. The molecule has 0 bridgehead atoms. The summed E-state index contributed by atoms with van der Waals surface area (Å²) in [6, 6.07) is 5.68.